The zero-order valence-electron chi connectivity index (χ0n) is 13.5. The molecule has 1 saturated carbocycles. The van der Waals surface area contributed by atoms with Crippen LogP contribution < -0.4 is 10.2 Å². The largest absolute Gasteiger partial charge is 0.352 e. The van der Waals surface area contributed by atoms with Gasteiger partial charge in [-0.05, 0) is 12.8 Å². The number of aromatic nitrogens is 2. The molecule has 3 rings (SSSR count). The first-order chi connectivity index (χ1) is 10.7. The van der Waals surface area contributed by atoms with Crippen LogP contribution in [0.1, 0.15) is 32.1 Å². The molecular formula is C16H27N5O. The number of anilines is 1. The minimum atomic E-state index is 0.192. The normalized spacial score (nSPS) is 21.0. The molecule has 1 aromatic rings. The van der Waals surface area contributed by atoms with Crippen LogP contribution >= 0.6 is 0 Å². The molecule has 0 unspecified atom stereocenters. The van der Waals surface area contributed by atoms with Crippen LogP contribution in [0.25, 0.3) is 0 Å². The van der Waals surface area contributed by atoms with Gasteiger partial charge in [0, 0.05) is 51.7 Å². The lowest BCUT2D eigenvalue weighted by molar-refractivity contribution is -0.123. The summed E-state index contributed by atoms with van der Waals surface area (Å²) in [6.45, 7) is 4.24. The van der Waals surface area contributed by atoms with E-state index in [1.54, 1.807) is 0 Å². The summed E-state index contributed by atoms with van der Waals surface area (Å²) in [6.07, 6.45) is 9.94. The second kappa shape index (κ2) is 7.13. The van der Waals surface area contributed by atoms with Crippen molar-refractivity contribution in [1.29, 1.82) is 0 Å². The second-order valence-corrected chi connectivity index (χ2v) is 6.50. The zero-order chi connectivity index (χ0) is 15.4. The minimum Gasteiger partial charge on any atom is -0.352 e. The van der Waals surface area contributed by atoms with Crippen molar-refractivity contribution in [3.8, 4) is 0 Å². The average Bonchev–Trinajstić information content (AvgIpc) is 2.95. The van der Waals surface area contributed by atoms with E-state index < -0.39 is 0 Å². The van der Waals surface area contributed by atoms with Crippen molar-refractivity contribution in [2.24, 2.45) is 7.05 Å². The highest BCUT2D eigenvalue weighted by Gasteiger charge is 2.22. The number of imidazole rings is 1. The molecule has 122 valence electrons. The van der Waals surface area contributed by atoms with E-state index in [0.29, 0.717) is 12.6 Å². The number of nitrogens with one attached hydrogen (secondary N) is 1. The predicted molar refractivity (Wildman–Crippen MR) is 86.9 cm³/mol. The quantitative estimate of drug-likeness (QED) is 0.901. The first kappa shape index (κ1) is 15.3. The third kappa shape index (κ3) is 3.80. The van der Waals surface area contributed by atoms with Gasteiger partial charge >= 0.3 is 0 Å². The fourth-order valence-corrected chi connectivity index (χ4v) is 3.49. The summed E-state index contributed by atoms with van der Waals surface area (Å²) in [7, 11) is 2.02. The van der Waals surface area contributed by atoms with Crippen LogP contribution in [0.15, 0.2) is 12.4 Å². The van der Waals surface area contributed by atoms with Gasteiger partial charge in [-0.1, -0.05) is 19.3 Å². The van der Waals surface area contributed by atoms with Crippen molar-refractivity contribution in [3.05, 3.63) is 12.4 Å². The Morgan fingerprint density at radius 1 is 1.23 bits per heavy atom. The second-order valence-electron chi connectivity index (χ2n) is 6.50. The number of amides is 1. The van der Waals surface area contributed by atoms with Gasteiger partial charge in [0.05, 0.1) is 6.54 Å². The Bertz CT molecular complexity index is 486. The first-order valence-corrected chi connectivity index (χ1v) is 8.46. The van der Waals surface area contributed by atoms with Crippen LogP contribution in [-0.4, -0.2) is 59.1 Å². The molecule has 6 heteroatoms. The van der Waals surface area contributed by atoms with Crippen LogP contribution in [0.4, 0.5) is 5.95 Å². The fraction of sp³-hybridized carbons (Fsp3) is 0.750. The topological polar surface area (TPSA) is 53.4 Å². The lowest BCUT2D eigenvalue weighted by atomic mass is 9.95. The molecule has 1 aliphatic heterocycles. The molecule has 2 heterocycles. The Morgan fingerprint density at radius 3 is 2.59 bits per heavy atom. The summed E-state index contributed by atoms with van der Waals surface area (Å²) in [6, 6.07) is 0.412. The van der Waals surface area contributed by atoms with E-state index in [9.17, 15) is 4.79 Å². The van der Waals surface area contributed by atoms with Crippen molar-refractivity contribution in [3.63, 3.8) is 0 Å². The van der Waals surface area contributed by atoms with E-state index in [4.69, 9.17) is 0 Å². The Balaban J connectivity index is 1.41. The summed E-state index contributed by atoms with van der Waals surface area (Å²) in [5.74, 6) is 1.21. The minimum absolute atomic E-state index is 0.192. The Kier molecular flexibility index (Phi) is 4.97. The van der Waals surface area contributed by atoms with Crippen molar-refractivity contribution in [2.75, 3.05) is 37.6 Å². The standard InChI is InChI=1S/C16H27N5O/c1-19-8-7-17-16(19)21-11-9-20(10-12-21)13-15(22)18-14-5-3-2-4-6-14/h7-8,14H,2-6,9-13H2,1H3,(H,18,22). The van der Waals surface area contributed by atoms with Crippen LogP contribution in [0, 0.1) is 0 Å². The number of aryl methyl sites for hydroxylation is 1. The Labute approximate surface area is 132 Å². The maximum atomic E-state index is 12.2. The summed E-state index contributed by atoms with van der Waals surface area (Å²) in [5, 5.41) is 3.20. The molecule has 1 amide bonds. The van der Waals surface area contributed by atoms with Crippen LogP contribution in [-0.2, 0) is 11.8 Å². The summed E-state index contributed by atoms with van der Waals surface area (Å²) in [5.41, 5.74) is 0. The van der Waals surface area contributed by atoms with Crippen molar-refractivity contribution in [1.82, 2.24) is 19.8 Å². The smallest absolute Gasteiger partial charge is 0.234 e. The molecule has 2 aliphatic rings. The van der Waals surface area contributed by atoms with Gasteiger partial charge in [-0.3, -0.25) is 9.69 Å². The molecule has 0 aromatic carbocycles. The molecule has 1 N–H and O–H groups in total. The third-order valence-corrected chi connectivity index (χ3v) is 4.79. The van der Waals surface area contributed by atoms with Crippen LogP contribution in [0.5, 0.6) is 0 Å². The van der Waals surface area contributed by atoms with E-state index in [-0.39, 0.29) is 5.91 Å². The number of hydrogen-bond acceptors (Lipinski definition) is 4. The number of nitrogens with zero attached hydrogens (tertiary/aromatic N) is 4. The molecule has 1 aliphatic carbocycles. The van der Waals surface area contributed by atoms with E-state index in [2.05, 4.69) is 20.1 Å². The highest BCUT2D eigenvalue weighted by Crippen LogP contribution is 2.17. The monoisotopic (exact) mass is 305 g/mol. The lowest BCUT2D eigenvalue weighted by Crippen LogP contribution is -2.51. The van der Waals surface area contributed by atoms with E-state index in [1.807, 2.05) is 24.0 Å². The SMILES string of the molecule is Cn1ccnc1N1CCN(CC(=O)NC2CCCCC2)CC1. The van der Waals surface area contributed by atoms with Gasteiger partial charge < -0.3 is 14.8 Å². The van der Waals surface area contributed by atoms with Crippen molar-refractivity contribution >= 4 is 11.9 Å². The summed E-state index contributed by atoms with van der Waals surface area (Å²) >= 11 is 0. The van der Waals surface area contributed by atoms with Gasteiger partial charge in [0.2, 0.25) is 11.9 Å². The van der Waals surface area contributed by atoms with Gasteiger partial charge in [-0.25, -0.2) is 4.98 Å². The van der Waals surface area contributed by atoms with Crippen LogP contribution in [0.2, 0.25) is 0 Å². The number of carbonyl (C=O) groups excluding carboxylic acids is 1. The number of carbonyl (C=O) groups is 1. The number of piperazine rings is 1. The van der Waals surface area contributed by atoms with E-state index in [0.717, 1.165) is 45.0 Å². The highest BCUT2D eigenvalue weighted by molar-refractivity contribution is 5.78. The van der Waals surface area contributed by atoms with E-state index in [1.165, 1.54) is 19.3 Å². The maximum Gasteiger partial charge on any atom is 0.234 e. The fourth-order valence-electron chi connectivity index (χ4n) is 3.49. The van der Waals surface area contributed by atoms with Crippen molar-refractivity contribution < 1.29 is 4.79 Å². The third-order valence-electron chi connectivity index (χ3n) is 4.79. The lowest BCUT2D eigenvalue weighted by Gasteiger charge is -2.35. The molecular weight excluding hydrogens is 278 g/mol. The Morgan fingerprint density at radius 2 is 1.95 bits per heavy atom. The van der Waals surface area contributed by atoms with Crippen LogP contribution in [0.3, 0.4) is 0 Å². The van der Waals surface area contributed by atoms with E-state index >= 15 is 0 Å². The average molecular weight is 305 g/mol. The van der Waals surface area contributed by atoms with Gasteiger partial charge in [0.15, 0.2) is 0 Å². The molecule has 2 fully saturated rings. The predicted octanol–water partition coefficient (Wildman–Crippen LogP) is 0.991. The van der Waals surface area contributed by atoms with Gasteiger partial charge in [-0.2, -0.15) is 0 Å². The zero-order valence-corrected chi connectivity index (χ0v) is 13.5. The molecule has 0 atom stereocenters. The van der Waals surface area contributed by atoms with Crippen molar-refractivity contribution in [2.45, 2.75) is 38.1 Å². The molecule has 22 heavy (non-hydrogen) atoms. The molecule has 0 radical (unpaired) electrons. The molecule has 1 saturated heterocycles. The molecule has 0 spiro atoms. The summed E-state index contributed by atoms with van der Waals surface area (Å²) in [4.78, 5) is 21.1. The van der Waals surface area contributed by atoms with Gasteiger partial charge in [0.25, 0.3) is 0 Å². The maximum absolute atomic E-state index is 12.2. The molecule has 0 bridgehead atoms. The Hall–Kier alpha value is -1.56. The first-order valence-electron chi connectivity index (χ1n) is 8.46. The molecule has 6 nitrogen and oxygen atoms in total. The summed E-state index contributed by atoms with van der Waals surface area (Å²) < 4.78 is 2.05. The number of hydrogen-bond donors (Lipinski definition) is 1. The highest BCUT2D eigenvalue weighted by atomic mass is 16.2. The molecule has 1 aromatic heterocycles. The van der Waals surface area contributed by atoms with Gasteiger partial charge in [0.1, 0.15) is 0 Å². The van der Waals surface area contributed by atoms with Gasteiger partial charge in [-0.15, -0.1) is 0 Å². The number of rotatable bonds is 4.